The molecule has 0 saturated carbocycles. The van der Waals surface area contributed by atoms with Crippen LogP contribution in [0.1, 0.15) is 22.3 Å². The van der Waals surface area contributed by atoms with Crippen LogP contribution in [-0.4, -0.2) is 19.9 Å². The summed E-state index contributed by atoms with van der Waals surface area (Å²) in [6.45, 7) is 0. The third kappa shape index (κ3) is 4.24. The van der Waals surface area contributed by atoms with E-state index in [9.17, 15) is 0 Å². The van der Waals surface area contributed by atoms with E-state index in [1.54, 1.807) is 37.2 Å². The summed E-state index contributed by atoms with van der Waals surface area (Å²) in [4.78, 5) is 17.3. The standard InChI is InChI=1S/C24H18N4/c1-3-21(7-5-19-9-15-25-16-10-19)23(27-13-1)24-22(4-2-14-28-24)8-6-20-11-17-26-18-12-20/h1-18H/b7-5+,8-6+. The molecule has 4 heteroatoms. The number of nitrogens with zero attached hydrogens (tertiary/aromatic N) is 4. The van der Waals surface area contributed by atoms with Crippen molar-refractivity contribution in [1.82, 2.24) is 19.9 Å². The first-order valence-electron chi connectivity index (χ1n) is 8.97. The Hall–Kier alpha value is -3.92. The van der Waals surface area contributed by atoms with Gasteiger partial charge in [0, 0.05) is 48.3 Å². The van der Waals surface area contributed by atoms with E-state index in [4.69, 9.17) is 0 Å². The molecule has 4 nitrogen and oxygen atoms in total. The summed E-state index contributed by atoms with van der Waals surface area (Å²) in [6, 6.07) is 15.8. The summed E-state index contributed by atoms with van der Waals surface area (Å²) in [5, 5.41) is 0. The lowest BCUT2D eigenvalue weighted by Gasteiger charge is -2.08. The molecule has 4 heterocycles. The highest BCUT2D eigenvalue weighted by Crippen LogP contribution is 2.25. The van der Waals surface area contributed by atoms with Crippen LogP contribution in [0.5, 0.6) is 0 Å². The van der Waals surface area contributed by atoms with Crippen LogP contribution in [0.15, 0.2) is 85.7 Å². The van der Waals surface area contributed by atoms with E-state index in [1.165, 1.54) is 0 Å². The fourth-order valence-electron chi connectivity index (χ4n) is 2.82. The van der Waals surface area contributed by atoms with Crippen LogP contribution in [0, 0.1) is 0 Å². The van der Waals surface area contributed by atoms with Crippen molar-refractivity contribution in [2.75, 3.05) is 0 Å². The van der Waals surface area contributed by atoms with Gasteiger partial charge in [0.1, 0.15) is 0 Å². The first-order valence-corrected chi connectivity index (χ1v) is 8.97. The topological polar surface area (TPSA) is 51.6 Å². The van der Waals surface area contributed by atoms with Crippen molar-refractivity contribution in [2.45, 2.75) is 0 Å². The molecule has 0 spiro atoms. The molecule has 0 saturated heterocycles. The number of pyridine rings is 4. The molecule has 4 rings (SSSR count). The second-order valence-corrected chi connectivity index (χ2v) is 6.11. The number of hydrogen-bond acceptors (Lipinski definition) is 4. The first kappa shape index (κ1) is 17.5. The Balaban J connectivity index is 1.71. The molecule has 0 fully saturated rings. The molecule has 4 aromatic rings. The summed E-state index contributed by atoms with van der Waals surface area (Å²) >= 11 is 0. The number of rotatable bonds is 5. The minimum atomic E-state index is 0.850. The largest absolute Gasteiger partial charge is 0.265 e. The van der Waals surface area contributed by atoms with E-state index in [1.807, 2.05) is 48.5 Å². The second-order valence-electron chi connectivity index (χ2n) is 6.11. The van der Waals surface area contributed by atoms with E-state index >= 15 is 0 Å². The minimum Gasteiger partial charge on any atom is -0.265 e. The molecule has 0 amide bonds. The summed E-state index contributed by atoms with van der Waals surface area (Å²) in [5.41, 5.74) is 5.89. The van der Waals surface area contributed by atoms with Crippen LogP contribution in [0.4, 0.5) is 0 Å². The average molecular weight is 362 g/mol. The van der Waals surface area contributed by atoms with Crippen molar-refractivity contribution in [3.8, 4) is 11.4 Å². The van der Waals surface area contributed by atoms with Gasteiger partial charge < -0.3 is 0 Å². The summed E-state index contributed by atoms with van der Waals surface area (Å²) in [7, 11) is 0. The van der Waals surface area contributed by atoms with Crippen molar-refractivity contribution in [3.63, 3.8) is 0 Å². The van der Waals surface area contributed by atoms with Crippen LogP contribution < -0.4 is 0 Å². The lowest BCUT2D eigenvalue weighted by molar-refractivity contribution is 1.23. The molecule has 0 atom stereocenters. The van der Waals surface area contributed by atoms with Crippen LogP contribution in [0.3, 0.4) is 0 Å². The molecule has 0 aliphatic heterocycles. The van der Waals surface area contributed by atoms with E-state index in [-0.39, 0.29) is 0 Å². The van der Waals surface area contributed by atoms with Gasteiger partial charge in [0.25, 0.3) is 0 Å². The van der Waals surface area contributed by atoms with Crippen LogP contribution >= 0.6 is 0 Å². The third-order valence-electron chi connectivity index (χ3n) is 4.23. The van der Waals surface area contributed by atoms with Crippen molar-refractivity contribution in [2.24, 2.45) is 0 Å². The maximum atomic E-state index is 4.61. The first-order chi connectivity index (χ1) is 13.9. The predicted octanol–water partition coefficient (Wildman–Crippen LogP) is 5.27. The lowest BCUT2D eigenvalue weighted by atomic mass is 10.0. The molecule has 0 bridgehead atoms. The minimum absolute atomic E-state index is 0.850. The highest BCUT2D eigenvalue weighted by atomic mass is 14.8. The van der Waals surface area contributed by atoms with Gasteiger partial charge in [-0.25, -0.2) is 0 Å². The molecule has 0 aliphatic rings. The Morgan fingerprint density at radius 1 is 0.464 bits per heavy atom. The molecular formula is C24H18N4. The zero-order valence-corrected chi connectivity index (χ0v) is 15.2. The van der Waals surface area contributed by atoms with Crippen molar-refractivity contribution >= 4 is 24.3 Å². The molecule has 134 valence electrons. The number of hydrogen-bond donors (Lipinski definition) is 0. The number of aromatic nitrogens is 4. The summed E-state index contributed by atoms with van der Waals surface area (Å²) in [6.07, 6.45) is 18.9. The monoisotopic (exact) mass is 362 g/mol. The fourth-order valence-corrected chi connectivity index (χ4v) is 2.82. The van der Waals surface area contributed by atoms with E-state index < -0.39 is 0 Å². The van der Waals surface area contributed by atoms with E-state index in [0.717, 1.165) is 33.6 Å². The van der Waals surface area contributed by atoms with Crippen LogP contribution in [-0.2, 0) is 0 Å². The van der Waals surface area contributed by atoms with Crippen molar-refractivity contribution in [1.29, 1.82) is 0 Å². The normalized spacial score (nSPS) is 11.3. The Bertz CT molecular complexity index is 1010. The fraction of sp³-hybridized carbons (Fsp3) is 0. The second kappa shape index (κ2) is 8.64. The molecular weight excluding hydrogens is 344 g/mol. The highest BCUT2D eigenvalue weighted by Gasteiger charge is 2.09. The van der Waals surface area contributed by atoms with Gasteiger partial charge in [-0.1, -0.05) is 36.4 Å². The van der Waals surface area contributed by atoms with E-state index in [0.29, 0.717) is 0 Å². The van der Waals surface area contributed by atoms with Crippen molar-refractivity contribution < 1.29 is 0 Å². The predicted molar refractivity (Wildman–Crippen MR) is 114 cm³/mol. The Morgan fingerprint density at radius 2 is 0.893 bits per heavy atom. The average Bonchev–Trinajstić information content (AvgIpc) is 2.78. The maximum Gasteiger partial charge on any atom is 0.0964 e. The van der Waals surface area contributed by atoms with Gasteiger partial charge in [0.05, 0.1) is 11.4 Å². The van der Waals surface area contributed by atoms with Crippen LogP contribution in [0.25, 0.3) is 35.7 Å². The molecule has 0 unspecified atom stereocenters. The zero-order chi connectivity index (χ0) is 19.0. The zero-order valence-electron chi connectivity index (χ0n) is 15.2. The molecule has 0 aromatic carbocycles. The summed E-state index contributed by atoms with van der Waals surface area (Å²) in [5.74, 6) is 0. The molecule has 0 aliphatic carbocycles. The Morgan fingerprint density at radius 3 is 1.32 bits per heavy atom. The van der Waals surface area contributed by atoms with Crippen LogP contribution in [0.2, 0.25) is 0 Å². The molecule has 28 heavy (non-hydrogen) atoms. The SMILES string of the molecule is C(=C\c1cccnc1-c1ncccc1/C=C/c1ccncc1)/c1ccncc1. The van der Waals surface area contributed by atoms with Gasteiger partial charge in [-0.3, -0.25) is 19.9 Å². The molecule has 0 radical (unpaired) electrons. The van der Waals surface area contributed by atoms with Gasteiger partial charge in [-0.15, -0.1) is 0 Å². The van der Waals surface area contributed by atoms with Gasteiger partial charge in [-0.2, -0.15) is 0 Å². The van der Waals surface area contributed by atoms with E-state index in [2.05, 4.69) is 44.2 Å². The quantitative estimate of drug-likeness (QED) is 0.485. The van der Waals surface area contributed by atoms with Gasteiger partial charge >= 0.3 is 0 Å². The lowest BCUT2D eigenvalue weighted by Crippen LogP contribution is -1.93. The molecule has 0 N–H and O–H groups in total. The van der Waals surface area contributed by atoms with Crippen molar-refractivity contribution in [3.05, 3.63) is 108 Å². The Kier molecular flexibility index (Phi) is 5.40. The van der Waals surface area contributed by atoms with Gasteiger partial charge in [0.15, 0.2) is 0 Å². The third-order valence-corrected chi connectivity index (χ3v) is 4.23. The highest BCUT2D eigenvalue weighted by molar-refractivity contribution is 5.83. The Labute approximate surface area is 164 Å². The summed E-state index contributed by atoms with van der Waals surface area (Å²) < 4.78 is 0. The smallest absolute Gasteiger partial charge is 0.0964 e. The van der Waals surface area contributed by atoms with Gasteiger partial charge in [-0.05, 0) is 47.5 Å². The molecule has 4 aromatic heterocycles. The maximum absolute atomic E-state index is 4.61. The van der Waals surface area contributed by atoms with Gasteiger partial charge in [0.2, 0.25) is 0 Å².